The van der Waals surface area contributed by atoms with E-state index in [0.29, 0.717) is 23.3 Å². The van der Waals surface area contributed by atoms with Gasteiger partial charge < -0.3 is 16.2 Å². The second-order valence-electron chi connectivity index (χ2n) is 10.2. The molecule has 1 atom stereocenters. The SMILES string of the molecule is C#C.C=C/C=C\C.CC1(C)CC(=O)N(CC2CC2)C(N)=N1.CC1(C)CC(N=CN)c2cccc(Cl)c2O1. The molecule has 1 saturated carbocycles. The molecule has 4 rings (SSSR count). The maximum Gasteiger partial charge on any atom is 0.231 e. The number of hydrogen-bond donors (Lipinski definition) is 2. The van der Waals surface area contributed by atoms with Gasteiger partial charge in [0.1, 0.15) is 11.4 Å². The van der Waals surface area contributed by atoms with Crippen LogP contribution in [-0.4, -0.2) is 40.8 Å². The lowest BCUT2D eigenvalue weighted by atomic mass is 9.90. The normalized spacial score (nSPS) is 21.1. The Kier molecular flexibility index (Phi) is 12.4. The van der Waals surface area contributed by atoms with E-state index >= 15 is 0 Å². The van der Waals surface area contributed by atoms with Gasteiger partial charge in [-0.15, -0.1) is 12.8 Å². The van der Waals surface area contributed by atoms with Gasteiger partial charge in [-0.25, -0.2) is 4.99 Å². The number of carbonyl (C=O) groups excluding carboxylic acids is 1. The minimum Gasteiger partial charge on any atom is -0.486 e. The van der Waals surface area contributed by atoms with Crippen molar-refractivity contribution in [3.8, 4) is 18.6 Å². The van der Waals surface area contributed by atoms with Crippen LogP contribution in [-0.2, 0) is 4.79 Å². The van der Waals surface area contributed by atoms with Gasteiger partial charge in [0.25, 0.3) is 0 Å². The maximum absolute atomic E-state index is 11.7. The molecule has 1 amide bonds. The van der Waals surface area contributed by atoms with E-state index in [9.17, 15) is 4.79 Å². The fourth-order valence-corrected chi connectivity index (χ4v) is 4.14. The molecule has 202 valence electrons. The summed E-state index contributed by atoms with van der Waals surface area (Å²) in [6.45, 7) is 14.1. The molecule has 1 aromatic carbocycles. The number of para-hydroxylation sites is 1. The molecule has 1 unspecified atom stereocenters. The Morgan fingerprint density at radius 1 is 1.30 bits per heavy atom. The largest absolute Gasteiger partial charge is 0.486 e. The zero-order valence-electron chi connectivity index (χ0n) is 22.8. The van der Waals surface area contributed by atoms with E-state index < -0.39 is 0 Å². The Hall–Kier alpha value is -3.24. The summed E-state index contributed by atoms with van der Waals surface area (Å²) >= 11 is 6.13. The Labute approximate surface area is 227 Å². The Balaban J connectivity index is 0.000000299. The number of aliphatic imine (C=N–C) groups is 2. The highest BCUT2D eigenvalue weighted by Crippen LogP contribution is 2.44. The van der Waals surface area contributed by atoms with Crippen LogP contribution in [0.2, 0.25) is 5.02 Å². The first-order valence-corrected chi connectivity index (χ1v) is 12.7. The average molecular weight is 528 g/mol. The molecule has 1 fully saturated rings. The van der Waals surface area contributed by atoms with Gasteiger partial charge in [0.05, 0.1) is 29.4 Å². The van der Waals surface area contributed by atoms with Crippen LogP contribution >= 0.6 is 11.6 Å². The average Bonchev–Trinajstić information content (AvgIpc) is 3.63. The number of nitrogens with two attached hydrogens (primary N) is 2. The molecule has 0 bridgehead atoms. The van der Waals surface area contributed by atoms with Crippen molar-refractivity contribution >= 4 is 29.8 Å². The van der Waals surface area contributed by atoms with Crippen LogP contribution in [0, 0.1) is 18.8 Å². The molecule has 0 spiro atoms. The van der Waals surface area contributed by atoms with E-state index in [4.69, 9.17) is 27.8 Å². The third-order valence-corrected chi connectivity index (χ3v) is 6.03. The summed E-state index contributed by atoms with van der Waals surface area (Å²) in [5.41, 5.74) is 11.6. The number of terminal acetylenes is 1. The highest BCUT2D eigenvalue weighted by atomic mass is 35.5. The van der Waals surface area contributed by atoms with Crippen LogP contribution in [0.25, 0.3) is 0 Å². The van der Waals surface area contributed by atoms with E-state index in [1.807, 2.05) is 65.0 Å². The number of halogens is 1. The zero-order chi connectivity index (χ0) is 28.2. The van der Waals surface area contributed by atoms with Crippen LogP contribution in [0.3, 0.4) is 0 Å². The monoisotopic (exact) mass is 527 g/mol. The third kappa shape index (κ3) is 10.3. The van der Waals surface area contributed by atoms with Crippen molar-refractivity contribution in [3.63, 3.8) is 0 Å². The minimum absolute atomic E-state index is 0.0300. The van der Waals surface area contributed by atoms with Crippen molar-refractivity contribution in [2.75, 3.05) is 6.54 Å². The smallest absolute Gasteiger partial charge is 0.231 e. The molecule has 0 saturated heterocycles. The van der Waals surface area contributed by atoms with Gasteiger partial charge in [-0.05, 0) is 59.4 Å². The lowest BCUT2D eigenvalue weighted by Gasteiger charge is -2.36. The van der Waals surface area contributed by atoms with Gasteiger partial charge >= 0.3 is 0 Å². The molecular formula is C29H42ClN5O2. The molecule has 2 heterocycles. The summed E-state index contributed by atoms with van der Waals surface area (Å²) in [5.74, 6) is 1.91. The third-order valence-electron chi connectivity index (χ3n) is 5.73. The molecule has 0 aromatic heterocycles. The first-order valence-electron chi connectivity index (χ1n) is 12.4. The summed E-state index contributed by atoms with van der Waals surface area (Å²) in [6, 6.07) is 5.74. The lowest BCUT2D eigenvalue weighted by molar-refractivity contribution is -0.129. The molecule has 8 heteroatoms. The van der Waals surface area contributed by atoms with Gasteiger partial charge in [0.2, 0.25) is 5.91 Å². The second-order valence-corrected chi connectivity index (χ2v) is 10.6. The van der Waals surface area contributed by atoms with Crippen molar-refractivity contribution in [1.29, 1.82) is 0 Å². The van der Waals surface area contributed by atoms with Crippen molar-refractivity contribution in [2.24, 2.45) is 27.4 Å². The molecule has 2 aliphatic heterocycles. The predicted octanol–water partition coefficient (Wildman–Crippen LogP) is 5.65. The molecule has 37 heavy (non-hydrogen) atoms. The standard InChI is InChI=1S/C12H15ClN2O.C10H17N3O.C5H8.C2H2/c1-12(2)6-10(15-7-14)8-4-3-5-9(13)11(8)16-12;1-10(2)5-8(14)13(9(11)12-10)6-7-3-4-7;1-3-5-4-2;1-2/h3-5,7,10H,6H2,1-2H3,(H2,14,15);7H,3-6H2,1-2H3,(H2,11,12);3-5H,1H2,2H3;1-2H/b;;5-4-;. The van der Waals surface area contributed by atoms with Gasteiger partial charge in [-0.1, -0.05) is 48.5 Å². The highest BCUT2D eigenvalue weighted by molar-refractivity contribution is 6.32. The van der Waals surface area contributed by atoms with Crippen molar-refractivity contribution in [3.05, 3.63) is 53.6 Å². The number of carbonyl (C=O) groups is 1. The van der Waals surface area contributed by atoms with Crippen LogP contribution in [0.15, 0.2) is 53.0 Å². The molecule has 7 nitrogen and oxygen atoms in total. The summed E-state index contributed by atoms with van der Waals surface area (Å²) in [4.78, 5) is 22.0. The number of guanidine groups is 1. The summed E-state index contributed by atoms with van der Waals surface area (Å²) in [6.07, 6.45) is 18.6. The summed E-state index contributed by atoms with van der Waals surface area (Å²) in [5, 5.41) is 0.627. The van der Waals surface area contributed by atoms with Crippen LogP contribution in [0.4, 0.5) is 0 Å². The fraction of sp³-hybridized carbons (Fsp3) is 0.483. The van der Waals surface area contributed by atoms with Crippen molar-refractivity contribution in [1.82, 2.24) is 4.90 Å². The van der Waals surface area contributed by atoms with E-state index in [1.54, 1.807) is 11.0 Å². The van der Waals surface area contributed by atoms with Gasteiger partial charge in [0, 0.05) is 18.5 Å². The molecule has 0 radical (unpaired) electrons. The van der Waals surface area contributed by atoms with E-state index in [2.05, 4.69) is 29.4 Å². The number of fused-ring (bicyclic) bond motifs is 1. The number of ether oxygens (including phenoxy) is 1. The fourth-order valence-electron chi connectivity index (χ4n) is 3.92. The van der Waals surface area contributed by atoms with E-state index in [0.717, 1.165) is 24.3 Å². The highest BCUT2D eigenvalue weighted by Gasteiger charge is 2.36. The second kappa shape index (κ2) is 14.5. The first kappa shape index (κ1) is 31.8. The Bertz CT molecular complexity index is 1020. The van der Waals surface area contributed by atoms with E-state index in [-0.39, 0.29) is 23.1 Å². The summed E-state index contributed by atoms with van der Waals surface area (Å²) < 4.78 is 5.88. The molecule has 4 N–H and O–H groups in total. The Morgan fingerprint density at radius 3 is 2.43 bits per heavy atom. The number of rotatable bonds is 4. The number of allylic oxidation sites excluding steroid dienone is 3. The molecular weight excluding hydrogens is 486 g/mol. The minimum atomic E-state index is -0.318. The number of benzene rings is 1. The van der Waals surface area contributed by atoms with Crippen LogP contribution < -0.4 is 16.2 Å². The quantitative estimate of drug-likeness (QED) is 0.228. The predicted molar refractivity (Wildman–Crippen MR) is 156 cm³/mol. The van der Waals surface area contributed by atoms with Crippen molar-refractivity contribution < 1.29 is 9.53 Å². The maximum atomic E-state index is 11.7. The topological polar surface area (TPSA) is 106 Å². The van der Waals surface area contributed by atoms with Gasteiger partial charge in [-0.3, -0.25) is 14.7 Å². The van der Waals surface area contributed by atoms with E-state index in [1.165, 1.54) is 19.2 Å². The molecule has 1 aromatic rings. The number of amides is 1. The number of hydrogen-bond acceptors (Lipinski definition) is 5. The van der Waals surface area contributed by atoms with Gasteiger partial charge in [-0.2, -0.15) is 0 Å². The zero-order valence-corrected chi connectivity index (χ0v) is 23.5. The lowest BCUT2D eigenvalue weighted by Crippen LogP contribution is -2.50. The Morgan fingerprint density at radius 2 is 1.95 bits per heavy atom. The van der Waals surface area contributed by atoms with Crippen LogP contribution in [0.1, 0.15) is 71.9 Å². The molecule has 3 aliphatic rings. The first-order chi connectivity index (χ1) is 17.4. The van der Waals surface area contributed by atoms with Crippen molar-refractivity contribution in [2.45, 2.75) is 77.5 Å². The summed E-state index contributed by atoms with van der Waals surface area (Å²) in [7, 11) is 0. The number of nitrogens with zero attached hydrogens (tertiary/aromatic N) is 3. The molecule has 1 aliphatic carbocycles. The van der Waals surface area contributed by atoms with Gasteiger partial charge in [0.15, 0.2) is 5.96 Å². The van der Waals surface area contributed by atoms with Crippen LogP contribution in [0.5, 0.6) is 5.75 Å².